The van der Waals surface area contributed by atoms with E-state index in [1.165, 1.54) is 56.3 Å². The standard InChI is InChI=1S/C16H23NO/c1-2-16(18-11-1)15-5-3-13(4-6-15)12-14-7-9-17-10-8-14/h3-6,14,16-17H,1-2,7-12H2. The minimum atomic E-state index is 0.359. The lowest BCUT2D eigenvalue weighted by atomic mass is 9.90. The summed E-state index contributed by atoms with van der Waals surface area (Å²) >= 11 is 0. The Balaban J connectivity index is 1.59. The highest BCUT2D eigenvalue weighted by molar-refractivity contribution is 5.25. The van der Waals surface area contributed by atoms with Crippen molar-refractivity contribution in [3.63, 3.8) is 0 Å². The maximum atomic E-state index is 5.72. The second kappa shape index (κ2) is 5.85. The maximum absolute atomic E-state index is 5.72. The summed E-state index contributed by atoms with van der Waals surface area (Å²) in [6.07, 6.45) is 6.65. The molecular formula is C16H23NO. The summed E-state index contributed by atoms with van der Waals surface area (Å²) in [5.41, 5.74) is 2.85. The lowest BCUT2D eigenvalue weighted by molar-refractivity contribution is 0.112. The van der Waals surface area contributed by atoms with Crippen LogP contribution in [0.3, 0.4) is 0 Å². The van der Waals surface area contributed by atoms with Crippen LogP contribution in [-0.2, 0) is 11.2 Å². The van der Waals surface area contributed by atoms with Gasteiger partial charge >= 0.3 is 0 Å². The predicted octanol–water partition coefficient (Wildman–Crippen LogP) is 3.08. The number of rotatable bonds is 3. The van der Waals surface area contributed by atoms with Crippen molar-refractivity contribution in [2.75, 3.05) is 19.7 Å². The molecule has 2 nitrogen and oxygen atoms in total. The van der Waals surface area contributed by atoms with Crippen LogP contribution in [0, 0.1) is 5.92 Å². The quantitative estimate of drug-likeness (QED) is 0.883. The van der Waals surface area contributed by atoms with Gasteiger partial charge in [-0.2, -0.15) is 0 Å². The van der Waals surface area contributed by atoms with E-state index in [0.717, 1.165) is 12.5 Å². The van der Waals surface area contributed by atoms with Crippen molar-refractivity contribution in [2.45, 2.75) is 38.2 Å². The van der Waals surface area contributed by atoms with Crippen molar-refractivity contribution in [3.8, 4) is 0 Å². The van der Waals surface area contributed by atoms with Gasteiger partial charge in [-0.25, -0.2) is 0 Å². The molecule has 1 atom stereocenters. The molecule has 18 heavy (non-hydrogen) atoms. The van der Waals surface area contributed by atoms with Gasteiger partial charge in [0.15, 0.2) is 0 Å². The van der Waals surface area contributed by atoms with Crippen LogP contribution in [-0.4, -0.2) is 19.7 Å². The van der Waals surface area contributed by atoms with E-state index in [1.807, 2.05) is 0 Å². The van der Waals surface area contributed by atoms with Crippen molar-refractivity contribution < 1.29 is 4.74 Å². The SMILES string of the molecule is c1cc(C2CCCO2)ccc1CC1CCNCC1. The average Bonchev–Trinajstić information content (AvgIpc) is 2.95. The summed E-state index contributed by atoms with van der Waals surface area (Å²) in [5, 5.41) is 3.43. The third kappa shape index (κ3) is 2.93. The Morgan fingerprint density at radius 2 is 1.83 bits per heavy atom. The molecular weight excluding hydrogens is 222 g/mol. The number of hydrogen-bond donors (Lipinski definition) is 1. The first-order valence-corrected chi connectivity index (χ1v) is 7.33. The Labute approximate surface area is 110 Å². The zero-order valence-electron chi connectivity index (χ0n) is 11.0. The molecule has 2 aliphatic heterocycles. The van der Waals surface area contributed by atoms with Gasteiger partial charge in [0.2, 0.25) is 0 Å². The molecule has 1 N–H and O–H groups in total. The molecule has 1 unspecified atom stereocenters. The molecule has 3 rings (SSSR count). The monoisotopic (exact) mass is 245 g/mol. The second-order valence-electron chi connectivity index (χ2n) is 5.64. The van der Waals surface area contributed by atoms with E-state index in [9.17, 15) is 0 Å². The molecule has 2 aliphatic rings. The van der Waals surface area contributed by atoms with E-state index in [1.54, 1.807) is 0 Å². The van der Waals surface area contributed by atoms with E-state index in [2.05, 4.69) is 29.6 Å². The van der Waals surface area contributed by atoms with Crippen LogP contribution >= 0.6 is 0 Å². The third-order valence-corrected chi connectivity index (χ3v) is 4.26. The molecule has 2 heteroatoms. The second-order valence-corrected chi connectivity index (χ2v) is 5.64. The fraction of sp³-hybridized carbons (Fsp3) is 0.625. The van der Waals surface area contributed by atoms with E-state index < -0.39 is 0 Å². The van der Waals surface area contributed by atoms with Gasteiger partial charge in [0.05, 0.1) is 6.10 Å². The predicted molar refractivity (Wildman–Crippen MR) is 73.7 cm³/mol. The van der Waals surface area contributed by atoms with Crippen molar-refractivity contribution in [2.24, 2.45) is 5.92 Å². The Hall–Kier alpha value is -0.860. The summed E-state index contributed by atoms with van der Waals surface area (Å²) in [6, 6.07) is 9.15. The van der Waals surface area contributed by atoms with Gasteiger partial charge in [-0.1, -0.05) is 24.3 Å². The molecule has 98 valence electrons. The summed E-state index contributed by atoms with van der Waals surface area (Å²) < 4.78 is 5.72. The van der Waals surface area contributed by atoms with Gasteiger partial charge in [-0.3, -0.25) is 0 Å². The topological polar surface area (TPSA) is 21.3 Å². The van der Waals surface area contributed by atoms with Gasteiger partial charge in [-0.05, 0) is 62.2 Å². The minimum Gasteiger partial charge on any atom is -0.374 e. The summed E-state index contributed by atoms with van der Waals surface area (Å²) in [4.78, 5) is 0. The number of piperidine rings is 1. The first-order valence-electron chi connectivity index (χ1n) is 7.33. The van der Waals surface area contributed by atoms with Crippen molar-refractivity contribution >= 4 is 0 Å². The molecule has 0 amide bonds. The maximum Gasteiger partial charge on any atom is 0.0825 e. The third-order valence-electron chi connectivity index (χ3n) is 4.26. The normalized spacial score (nSPS) is 25.4. The van der Waals surface area contributed by atoms with Gasteiger partial charge in [0.1, 0.15) is 0 Å². The van der Waals surface area contributed by atoms with Crippen molar-refractivity contribution in [1.29, 1.82) is 0 Å². The Bertz CT molecular complexity index is 361. The fourth-order valence-electron chi connectivity index (χ4n) is 3.13. The Kier molecular flexibility index (Phi) is 3.96. The van der Waals surface area contributed by atoms with E-state index in [-0.39, 0.29) is 0 Å². The molecule has 1 aromatic carbocycles. The molecule has 2 heterocycles. The van der Waals surface area contributed by atoms with E-state index in [4.69, 9.17) is 4.74 Å². The highest BCUT2D eigenvalue weighted by Crippen LogP contribution is 2.29. The molecule has 0 saturated carbocycles. The minimum absolute atomic E-state index is 0.359. The van der Waals surface area contributed by atoms with E-state index in [0.29, 0.717) is 6.10 Å². The first kappa shape index (κ1) is 12.2. The molecule has 0 radical (unpaired) electrons. The average molecular weight is 245 g/mol. The molecule has 2 fully saturated rings. The highest BCUT2D eigenvalue weighted by atomic mass is 16.5. The van der Waals surface area contributed by atoms with E-state index >= 15 is 0 Å². The smallest absolute Gasteiger partial charge is 0.0825 e. The van der Waals surface area contributed by atoms with Crippen LogP contribution in [0.5, 0.6) is 0 Å². The highest BCUT2D eigenvalue weighted by Gasteiger charge is 2.18. The molecule has 0 bridgehead atoms. The molecule has 2 saturated heterocycles. The summed E-state index contributed by atoms with van der Waals surface area (Å²) in [5.74, 6) is 0.875. The zero-order valence-corrected chi connectivity index (χ0v) is 11.0. The van der Waals surface area contributed by atoms with Gasteiger partial charge in [-0.15, -0.1) is 0 Å². The van der Waals surface area contributed by atoms with Crippen molar-refractivity contribution in [1.82, 2.24) is 5.32 Å². The lowest BCUT2D eigenvalue weighted by Gasteiger charge is -2.22. The van der Waals surface area contributed by atoms with Gasteiger partial charge in [0, 0.05) is 6.61 Å². The van der Waals surface area contributed by atoms with Crippen LogP contribution < -0.4 is 5.32 Å². The zero-order chi connectivity index (χ0) is 12.2. The number of hydrogen-bond acceptors (Lipinski definition) is 2. The molecule has 0 spiro atoms. The number of ether oxygens (including phenoxy) is 1. The van der Waals surface area contributed by atoms with Crippen LogP contribution in [0.1, 0.15) is 42.9 Å². The lowest BCUT2D eigenvalue weighted by Crippen LogP contribution is -2.28. The van der Waals surface area contributed by atoms with Crippen molar-refractivity contribution in [3.05, 3.63) is 35.4 Å². The largest absolute Gasteiger partial charge is 0.374 e. The Morgan fingerprint density at radius 3 is 2.50 bits per heavy atom. The van der Waals surface area contributed by atoms with Crippen LogP contribution in [0.15, 0.2) is 24.3 Å². The number of benzene rings is 1. The molecule has 0 aliphatic carbocycles. The van der Waals surface area contributed by atoms with Gasteiger partial charge in [0.25, 0.3) is 0 Å². The Morgan fingerprint density at radius 1 is 1.06 bits per heavy atom. The summed E-state index contributed by atoms with van der Waals surface area (Å²) in [7, 11) is 0. The van der Waals surface area contributed by atoms with Crippen LogP contribution in [0.2, 0.25) is 0 Å². The van der Waals surface area contributed by atoms with Crippen LogP contribution in [0.4, 0.5) is 0 Å². The summed E-state index contributed by atoms with van der Waals surface area (Å²) in [6.45, 7) is 3.32. The fourth-order valence-corrected chi connectivity index (χ4v) is 3.13. The molecule has 0 aromatic heterocycles. The van der Waals surface area contributed by atoms with Crippen LogP contribution in [0.25, 0.3) is 0 Å². The molecule has 1 aromatic rings. The number of nitrogens with one attached hydrogen (secondary N) is 1. The first-order chi connectivity index (χ1) is 8.92. The van der Waals surface area contributed by atoms with Gasteiger partial charge < -0.3 is 10.1 Å².